The zero-order valence-electron chi connectivity index (χ0n) is 9.74. The SMILES string of the molecule is O=C1NC(=O)c2c(Nc3ccccc3Cl)cccc21. The van der Waals surface area contributed by atoms with Gasteiger partial charge in [0.15, 0.2) is 0 Å². The third-order valence-electron chi connectivity index (χ3n) is 2.91. The van der Waals surface area contributed by atoms with E-state index in [0.29, 0.717) is 27.5 Å². The molecule has 2 N–H and O–H groups in total. The predicted molar refractivity (Wildman–Crippen MR) is 73.0 cm³/mol. The third kappa shape index (κ3) is 1.96. The number of hydrogen-bond acceptors (Lipinski definition) is 3. The highest BCUT2D eigenvalue weighted by Crippen LogP contribution is 2.30. The molecule has 1 aliphatic heterocycles. The maximum absolute atomic E-state index is 11.8. The summed E-state index contributed by atoms with van der Waals surface area (Å²) in [5.41, 5.74) is 1.98. The van der Waals surface area contributed by atoms with Gasteiger partial charge in [0, 0.05) is 0 Å². The molecule has 0 unspecified atom stereocenters. The van der Waals surface area contributed by atoms with E-state index in [1.165, 1.54) is 0 Å². The first kappa shape index (κ1) is 11.7. The molecule has 3 rings (SSSR count). The summed E-state index contributed by atoms with van der Waals surface area (Å²) in [5, 5.41) is 5.90. The van der Waals surface area contributed by atoms with Crippen LogP contribution in [0, 0.1) is 0 Å². The van der Waals surface area contributed by atoms with E-state index >= 15 is 0 Å². The fourth-order valence-corrected chi connectivity index (χ4v) is 2.21. The second-order valence-electron chi connectivity index (χ2n) is 4.12. The van der Waals surface area contributed by atoms with E-state index < -0.39 is 5.91 Å². The van der Waals surface area contributed by atoms with Crippen LogP contribution in [0.25, 0.3) is 0 Å². The van der Waals surface area contributed by atoms with Crippen LogP contribution < -0.4 is 10.6 Å². The Morgan fingerprint density at radius 1 is 0.895 bits per heavy atom. The second-order valence-corrected chi connectivity index (χ2v) is 4.52. The van der Waals surface area contributed by atoms with E-state index in [-0.39, 0.29) is 5.91 Å². The van der Waals surface area contributed by atoms with Gasteiger partial charge in [0.2, 0.25) is 0 Å². The molecule has 0 bridgehead atoms. The van der Waals surface area contributed by atoms with Crippen molar-refractivity contribution in [2.75, 3.05) is 5.32 Å². The molecule has 0 aliphatic carbocycles. The second kappa shape index (κ2) is 4.40. The van der Waals surface area contributed by atoms with Crippen molar-refractivity contribution in [2.24, 2.45) is 0 Å². The van der Waals surface area contributed by atoms with Gasteiger partial charge in [-0.1, -0.05) is 29.8 Å². The van der Waals surface area contributed by atoms with Crippen molar-refractivity contribution in [1.82, 2.24) is 5.32 Å². The van der Waals surface area contributed by atoms with E-state index in [0.717, 1.165) is 0 Å². The van der Waals surface area contributed by atoms with Crippen molar-refractivity contribution < 1.29 is 9.59 Å². The quantitative estimate of drug-likeness (QED) is 0.827. The molecule has 0 aromatic heterocycles. The Kier molecular flexibility index (Phi) is 2.72. The maximum atomic E-state index is 11.8. The van der Waals surface area contributed by atoms with Gasteiger partial charge in [0.1, 0.15) is 0 Å². The minimum Gasteiger partial charge on any atom is -0.354 e. The van der Waals surface area contributed by atoms with Crippen LogP contribution in [0.5, 0.6) is 0 Å². The topological polar surface area (TPSA) is 58.2 Å². The molecule has 2 aromatic carbocycles. The van der Waals surface area contributed by atoms with E-state index in [2.05, 4.69) is 10.6 Å². The Morgan fingerprint density at radius 3 is 2.42 bits per heavy atom. The first-order valence-corrected chi connectivity index (χ1v) is 6.05. The van der Waals surface area contributed by atoms with Gasteiger partial charge >= 0.3 is 0 Å². The minimum atomic E-state index is -0.393. The van der Waals surface area contributed by atoms with Crippen molar-refractivity contribution in [1.29, 1.82) is 0 Å². The summed E-state index contributed by atoms with van der Waals surface area (Å²) in [6.45, 7) is 0. The monoisotopic (exact) mass is 272 g/mol. The smallest absolute Gasteiger partial charge is 0.261 e. The number of carbonyl (C=O) groups is 2. The van der Waals surface area contributed by atoms with Crippen LogP contribution >= 0.6 is 11.6 Å². The van der Waals surface area contributed by atoms with Crippen LogP contribution in [0.2, 0.25) is 5.02 Å². The average Bonchev–Trinajstić information content (AvgIpc) is 2.69. The maximum Gasteiger partial charge on any atom is 0.261 e. The molecule has 0 atom stereocenters. The van der Waals surface area contributed by atoms with Gasteiger partial charge in [-0.05, 0) is 24.3 Å². The van der Waals surface area contributed by atoms with Crippen molar-refractivity contribution in [3.8, 4) is 0 Å². The lowest BCUT2D eigenvalue weighted by molar-refractivity contribution is 0.0880. The predicted octanol–water partition coefficient (Wildman–Crippen LogP) is 2.97. The summed E-state index contributed by atoms with van der Waals surface area (Å²) in [6.07, 6.45) is 0. The highest BCUT2D eigenvalue weighted by molar-refractivity contribution is 6.33. The van der Waals surface area contributed by atoms with Crippen LogP contribution in [-0.4, -0.2) is 11.8 Å². The summed E-state index contributed by atoms with van der Waals surface area (Å²) in [4.78, 5) is 23.3. The molecule has 0 radical (unpaired) electrons. The van der Waals surface area contributed by atoms with E-state index in [4.69, 9.17) is 11.6 Å². The Bertz CT molecular complexity index is 698. The molecular formula is C14H9ClN2O2. The Morgan fingerprint density at radius 2 is 1.63 bits per heavy atom. The first-order valence-electron chi connectivity index (χ1n) is 5.67. The van der Waals surface area contributed by atoms with Crippen molar-refractivity contribution >= 4 is 34.8 Å². The molecule has 0 spiro atoms. The number of fused-ring (bicyclic) bond motifs is 1. The van der Waals surface area contributed by atoms with Crippen LogP contribution in [0.4, 0.5) is 11.4 Å². The van der Waals surface area contributed by atoms with Crippen molar-refractivity contribution in [3.63, 3.8) is 0 Å². The van der Waals surface area contributed by atoms with E-state index in [1.807, 2.05) is 12.1 Å². The highest BCUT2D eigenvalue weighted by atomic mass is 35.5. The number of imide groups is 1. The Hall–Kier alpha value is -2.33. The van der Waals surface area contributed by atoms with Crippen LogP contribution in [0.15, 0.2) is 42.5 Å². The van der Waals surface area contributed by atoms with Gasteiger partial charge in [0.25, 0.3) is 11.8 Å². The van der Waals surface area contributed by atoms with Gasteiger partial charge in [0.05, 0.1) is 27.5 Å². The number of hydrogen-bond donors (Lipinski definition) is 2. The van der Waals surface area contributed by atoms with Crippen LogP contribution in [0.1, 0.15) is 20.7 Å². The van der Waals surface area contributed by atoms with Gasteiger partial charge in [-0.25, -0.2) is 0 Å². The molecular weight excluding hydrogens is 264 g/mol. The molecule has 1 aliphatic rings. The van der Waals surface area contributed by atoms with Gasteiger partial charge < -0.3 is 5.32 Å². The van der Waals surface area contributed by atoms with Gasteiger partial charge in [-0.3, -0.25) is 14.9 Å². The summed E-state index contributed by atoms with van der Waals surface area (Å²) in [7, 11) is 0. The van der Waals surface area contributed by atoms with Crippen molar-refractivity contribution in [2.45, 2.75) is 0 Å². The molecule has 2 aromatic rings. The Labute approximate surface area is 114 Å². The molecule has 0 saturated heterocycles. The molecule has 5 heteroatoms. The standard InChI is InChI=1S/C14H9ClN2O2/c15-9-5-1-2-6-10(9)16-11-7-3-4-8-12(11)14(19)17-13(8)18/h1-7,16H,(H,17,18,19). The van der Waals surface area contributed by atoms with Crippen LogP contribution in [-0.2, 0) is 0 Å². The van der Waals surface area contributed by atoms with Gasteiger partial charge in [-0.15, -0.1) is 0 Å². The minimum absolute atomic E-state index is 0.354. The third-order valence-corrected chi connectivity index (χ3v) is 3.24. The summed E-state index contributed by atoms with van der Waals surface area (Å²) < 4.78 is 0. The summed E-state index contributed by atoms with van der Waals surface area (Å²) in [5.74, 6) is -0.766. The first-order chi connectivity index (χ1) is 9.16. The number of benzene rings is 2. The molecule has 19 heavy (non-hydrogen) atoms. The number of nitrogens with one attached hydrogen (secondary N) is 2. The lowest BCUT2D eigenvalue weighted by Crippen LogP contribution is -2.20. The molecule has 4 nitrogen and oxygen atoms in total. The molecule has 2 amide bonds. The molecule has 0 saturated carbocycles. The fourth-order valence-electron chi connectivity index (χ4n) is 2.03. The molecule has 1 heterocycles. The lowest BCUT2D eigenvalue weighted by atomic mass is 10.1. The molecule has 94 valence electrons. The number of amides is 2. The zero-order valence-corrected chi connectivity index (χ0v) is 10.5. The largest absolute Gasteiger partial charge is 0.354 e. The number of halogens is 1. The summed E-state index contributed by atoms with van der Waals surface area (Å²) in [6, 6.07) is 12.3. The van der Waals surface area contributed by atoms with Gasteiger partial charge in [-0.2, -0.15) is 0 Å². The molecule has 0 fully saturated rings. The van der Waals surface area contributed by atoms with Crippen molar-refractivity contribution in [3.05, 3.63) is 58.6 Å². The number of para-hydroxylation sites is 1. The lowest BCUT2D eigenvalue weighted by Gasteiger charge is -2.10. The summed E-state index contributed by atoms with van der Waals surface area (Å²) >= 11 is 6.06. The number of rotatable bonds is 2. The zero-order chi connectivity index (χ0) is 13.4. The number of anilines is 2. The fraction of sp³-hybridized carbons (Fsp3) is 0. The normalized spacial score (nSPS) is 13.1. The average molecular weight is 273 g/mol. The van der Waals surface area contributed by atoms with Crippen LogP contribution in [0.3, 0.4) is 0 Å². The number of carbonyl (C=O) groups excluding carboxylic acids is 2. The highest BCUT2D eigenvalue weighted by Gasteiger charge is 2.29. The van der Waals surface area contributed by atoms with E-state index in [9.17, 15) is 9.59 Å². The Balaban J connectivity index is 2.06. The van der Waals surface area contributed by atoms with E-state index in [1.54, 1.807) is 30.3 Å².